The molecular formula is C18H22BrN3O3S3. The molecule has 0 saturated heterocycles. The van der Waals surface area contributed by atoms with Crippen LogP contribution in [0.15, 0.2) is 40.3 Å². The van der Waals surface area contributed by atoms with Gasteiger partial charge in [0.1, 0.15) is 19.9 Å². The van der Waals surface area contributed by atoms with Gasteiger partial charge in [-0.25, -0.2) is 18.1 Å². The van der Waals surface area contributed by atoms with E-state index in [1.807, 2.05) is 6.07 Å². The van der Waals surface area contributed by atoms with Gasteiger partial charge in [0.25, 0.3) is 0 Å². The highest BCUT2D eigenvalue weighted by Crippen LogP contribution is 2.40. The lowest BCUT2D eigenvalue weighted by atomic mass is 9.87. The van der Waals surface area contributed by atoms with Crippen molar-refractivity contribution >= 4 is 60.3 Å². The van der Waals surface area contributed by atoms with Gasteiger partial charge >= 0.3 is 0 Å². The number of Topliss-reactive ketones (excluding diaryl/α,β-unsaturated/α-hetero) is 1. The van der Waals surface area contributed by atoms with Crippen LogP contribution in [0.3, 0.4) is 0 Å². The lowest BCUT2D eigenvalue weighted by Crippen LogP contribution is -2.62. The Kier molecular flexibility index (Phi) is 7.14. The first-order valence-corrected chi connectivity index (χ1v) is 11.9. The molecule has 0 aliphatic rings. The Labute approximate surface area is 183 Å². The van der Waals surface area contributed by atoms with E-state index in [0.29, 0.717) is 15.2 Å². The van der Waals surface area contributed by atoms with Crippen molar-refractivity contribution in [1.82, 2.24) is 15.0 Å². The van der Waals surface area contributed by atoms with Gasteiger partial charge in [0.05, 0.1) is 11.4 Å². The number of aromatic nitrogens is 1. The van der Waals surface area contributed by atoms with Crippen LogP contribution in [0.4, 0.5) is 0 Å². The number of benzene rings is 1. The number of hydrogen-bond acceptors (Lipinski definition) is 6. The summed E-state index contributed by atoms with van der Waals surface area (Å²) in [6, 6.07) is 8.83. The molecule has 1 aromatic heterocycles. The van der Waals surface area contributed by atoms with Crippen molar-refractivity contribution in [2.75, 3.05) is 7.05 Å². The minimum atomic E-state index is -3.73. The van der Waals surface area contributed by atoms with Crippen molar-refractivity contribution in [2.24, 2.45) is 0 Å². The maximum atomic E-state index is 12.8. The summed E-state index contributed by atoms with van der Waals surface area (Å²) in [5.74, 6) is -0.143. The molecule has 1 aromatic carbocycles. The number of hydrogen-bond donors (Lipinski definition) is 2. The zero-order chi connectivity index (χ0) is 21.2. The molecule has 6 nitrogen and oxygen atoms in total. The fourth-order valence-electron chi connectivity index (χ4n) is 2.66. The predicted octanol–water partition coefficient (Wildman–Crippen LogP) is 3.64. The average molecular weight is 504 g/mol. The van der Waals surface area contributed by atoms with E-state index in [0.717, 1.165) is 0 Å². The molecule has 0 aliphatic heterocycles. The van der Waals surface area contributed by atoms with Crippen molar-refractivity contribution < 1.29 is 13.2 Å². The van der Waals surface area contributed by atoms with E-state index in [1.54, 1.807) is 50.4 Å². The third-order valence-corrected chi connectivity index (χ3v) is 9.16. The Bertz CT molecular complexity index is 974. The number of nitrogens with one attached hydrogen (secondary N) is 2. The summed E-state index contributed by atoms with van der Waals surface area (Å²) in [7, 11) is -2.36. The molecule has 0 aliphatic carbocycles. The van der Waals surface area contributed by atoms with Crippen molar-refractivity contribution in [2.45, 2.75) is 37.5 Å². The third kappa shape index (κ3) is 4.51. The minimum absolute atomic E-state index is 0.0306. The van der Waals surface area contributed by atoms with Crippen LogP contribution in [0.25, 0.3) is 0 Å². The van der Waals surface area contributed by atoms with E-state index in [2.05, 4.69) is 31.0 Å². The summed E-state index contributed by atoms with van der Waals surface area (Å²) in [6.07, 6.45) is -0.0306. The lowest BCUT2D eigenvalue weighted by Gasteiger charge is -2.43. The third-order valence-electron chi connectivity index (χ3n) is 4.85. The second-order valence-electron chi connectivity index (χ2n) is 6.83. The van der Waals surface area contributed by atoms with E-state index in [-0.39, 0.29) is 17.2 Å². The zero-order valence-corrected chi connectivity index (χ0v) is 20.0. The maximum Gasteiger partial charge on any atom is 0.219 e. The van der Waals surface area contributed by atoms with Gasteiger partial charge in [0.2, 0.25) is 10.0 Å². The largest absolute Gasteiger partial charge is 0.366 e. The van der Waals surface area contributed by atoms with Gasteiger partial charge in [-0.3, -0.25) is 4.79 Å². The molecule has 1 heterocycles. The first kappa shape index (κ1) is 23.1. The molecule has 152 valence electrons. The Hall–Kier alpha value is -1.20. The van der Waals surface area contributed by atoms with Crippen LogP contribution in [0.1, 0.15) is 42.6 Å². The Balaban J connectivity index is 2.38. The molecule has 10 heteroatoms. The van der Waals surface area contributed by atoms with E-state index in [4.69, 9.17) is 12.2 Å². The lowest BCUT2D eigenvalue weighted by molar-refractivity contribution is 0.0999. The number of carbonyl (C=O) groups is 1. The minimum Gasteiger partial charge on any atom is -0.366 e. The zero-order valence-electron chi connectivity index (χ0n) is 15.9. The molecule has 28 heavy (non-hydrogen) atoms. The van der Waals surface area contributed by atoms with Gasteiger partial charge in [-0.05, 0) is 43.7 Å². The molecule has 2 aromatic rings. The maximum absolute atomic E-state index is 12.8. The number of ketones is 1. The van der Waals surface area contributed by atoms with E-state index < -0.39 is 20.3 Å². The Morgan fingerprint density at radius 1 is 1.25 bits per heavy atom. The van der Waals surface area contributed by atoms with Gasteiger partial charge in [0.15, 0.2) is 5.78 Å². The summed E-state index contributed by atoms with van der Waals surface area (Å²) in [5, 5.41) is 5.44. The SMILES string of the molecule is CNS(=O)(=O)C(C)(C)C(C)(NC(=S)CC(=O)c1ccccc1)c1nc(Br)cs1. The first-order valence-electron chi connectivity index (χ1n) is 8.38. The quantitative estimate of drug-likeness (QED) is 0.422. The fraction of sp³-hybridized carbons (Fsp3) is 0.389. The predicted molar refractivity (Wildman–Crippen MR) is 120 cm³/mol. The number of thiazole rings is 1. The van der Waals surface area contributed by atoms with Crippen LogP contribution in [0.2, 0.25) is 0 Å². The molecule has 2 N–H and O–H groups in total. The van der Waals surface area contributed by atoms with Crippen LogP contribution in [-0.2, 0) is 15.6 Å². The van der Waals surface area contributed by atoms with Gasteiger partial charge in [-0.2, -0.15) is 0 Å². The standard InChI is InChI=1S/C18H22BrN3O3S3/c1-17(2,28(24,25)20-4)18(3,16-21-14(19)11-27-16)22-15(26)10-13(23)12-8-6-5-7-9-12/h5-9,11,20H,10H2,1-4H3,(H,22,26). The topological polar surface area (TPSA) is 88.2 Å². The van der Waals surface area contributed by atoms with Crippen molar-refractivity contribution in [3.8, 4) is 0 Å². The van der Waals surface area contributed by atoms with Crippen LogP contribution in [0, 0.1) is 0 Å². The van der Waals surface area contributed by atoms with Gasteiger partial charge < -0.3 is 5.32 Å². The molecule has 0 saturated carbocycles. The smallest absolute Gasteiger partial charge is 0.219 e. The van der Waals surface area contributed by atoms with Crippen LogP contribution >= 0.6 is 39.5 Å². The van der Waals surface area contributed by atoms with E-state index >= 15 is 0 Å². The second kappa shape index (κ2) is 8.66. The van der Waals surface area contributed by atoms with E-state index in [9.17, 15) is 13.2 Å². The number of halogens is 1. The van der Waals surface area contributed by atoms with Gasteiger partial charge in [-0.15, -0.1) is 11.3 Å². The highest BCUT2D eigenvalue weighted by atomic mass is 79.9. The molecular weight excluding hydrogens is 482 g/mol. The van der Waals surface area contributed by atoms with Crippen LogP contribution in [-0.4, -0.2) is 36.0 Å². The van der Waals surface area contributed by atoms with Gasteiger partial charge in [0, 0.05) is 10.9 Å². The number of nitrogens with zero attached hydrogens (tertiary/aromatic N) is 1. The first-order chi connectivity index (χ1) is 12.9. The summed E-state index contributed by atoms with van der Waals surface area (Å²) in [5.41, 5.74) is -0.619. The van der Waals surface area contributed by atoms with Crippen molar-refractivity contribution in [3.05, 3.63) is 50.9 Å². The Morgan fingerprint density at radius 3 is 2.36 bits per heavy atom. The summed E-state index contributed by atoms with van der Waals surface area (Å²) >= 11 is 10.1. The molecule has 0 bridgehead atoms. The molecule has 1 unspecified atom stereocenters. The number of thiocarbonyl (C=S) groups is 1. The summed E-state index contributed by atoms with van der Waals surface area (Å²) in [6.45, 7) is 4.93. The molecule has 2 rings (SSSR count). The molecule has 0 radical (unpaired) electrons. The molecule has 1 atom stereocenters. The number of carbonyl (C=O) groups excluding carboxylic acids is 1. The highest BCUT2D eigenvalue weighted by Gasteiger charge is 2.53. The molecule has 0 spiro atoms. The second-order valence-corrected chi connectivity index (χ2v) is 11.4. The van der Waals surface area contributed by atoms with Crippen LogP contribution in [0.5, 0.6) is 0 Å². The summed E-state index contributed by atoms with van der Waals surface area (Å²) in [4.78, 5) is 17.2. The summed E-state index contributed by atoms with van der Waals surface area (Å²) < 4.78 is 27.2. The van der Waals surface area contributed by atoms with E-state index in [1.165, 1.54) is 18.4 Å². The number of rotatable bonds is 8. The molecule has 0 fully saturated rings. The van der Waals surface area contributed by atoms with Crippen LogP contribution < -0.4 is 10.0 Å². The molecule has 0 amide bonds. The van der Waals surface area contributed by atoms with Gasteiger partial charge in [-0.1, -0.05) is 42.5 Å². The van der Waals surface area contributed by atoms with Crippen molar-refractivity contribution in [3.63, 3.8) is 0 Å². The Morgan fingerprint density at radius 2 is 1.86 bits per heavy atom. The average Bonchev–Trinajstić information content (AvgIpc) is 3.08. The number of sulfonamides is 1. The fourth-order valence-corrected chi connectivity index (χ4v) is 5.79. The normalized spacial score (nSPS) is 14.3. The monoisotopic (exact) mass is 503 g/mol. The highest BCUT2D eigenvalue weighted by molar-refractivity contribution is 9.10. The van der Waals surface area contributed by atoms with Crippen molar-refractivity contribution in [1.29, 1.82) is 0 Å².